The molecule has 17 heavy (non-hydrogen) atoms. The molecule has 2 heterocycles. The van der Waals surface area contributed by atoms with E-state index in [1.807, 2.05) is 13.2 Å². The molecule has 0 radical (unpaired) electrons. The zero-order chi connectivity index (χ0) is 12.3. The Bertz CT molecular complexity index is 518. The second kappa shape index (κ2) is 5.01. The zero-order valence-corrected chi connectivity index (χ0v) is 10.1. The van der Waals surface area contributed by atoms with Gasteiger partial charge in [0.1, 0.15) is 10.6 Å². The lowest BCUT2D eigenvalue weighted by Crippen LogP contribution is -2.00. The van der Waals surface area contributed by atoms with Gasteiger partial charge in [0.2, 0.25) is 0 Å². The Kier molecular flexibility index (Phi) is 3.43. The van der Waals surface area contributed by atoms with Gasteiger partial charge < -0.3 is 9.84 Å². The number of aryl methyl sites for hydroxylation is 1. The second-order valence-corrected chi connectivity index (χ2v) is 4.48. The second-order valence-electron chi connectivity index (χ2n) is 3.57. The summed E-state index contributed by atoms with van der Waals surface area (Å²) in [7, 11) is 1.86. The van der Waals surface area contributed by atoms with Crippen LogP contribution in [-0.2, 0) is 13.5 Å². The van der Waals surface area contributed by atoms with Crippen LogP contribution in [0.5, 0.6) is 5.75 Å². The van der Waals surface area contributed by atoms with Crippen LogP contribution in [0.1, 0.15) is 15.2 Å². The summed E-state index contributed by atoms with van der Waals surface area (Å²) in [6.07, 6.45) is 4.48. The van der Waals surface area contributed by atoms with Gasteiger partial charge in [-0.15, -0.1) is 11.3 Å². The average molecular weight is 252 g/mol. The molecule has 90 valence electrons. The minimum atomic E-state index is -0.919. The van der Waals surface area contributed by atoms with Gasteiger partial charge >= 0.3 is 5.97 Å². The third kappa shape index (κ3) is 3.07. The third-order valence-electron chi connectivity index (χ3n) is 2.20. The Morgan fingerprint density at radius 2 is 2.47 bits per heavy atom. The SMILES string of the molecule is Cn1cc(CCOc2csc(C(=O)O)c2)cn1. The number of aromatic carboxylic acids is 1. The molecule has 0 saturated carbocycles. The first-order chi connectivity index (χ1) is 8.15. The highest BCUT2D eigenvalue weighted by atomic mass is 32.1. The number of ether oxygens (including phenoxy) is 1. The molecule has 6 heteroatoms. The third-order valence-corrected chi connectivity index (χ3v) is 3.10. The summed E-state index contributed by atoms with van der Waals surface area (Å²) < 4.78 is 7.20. The molecule has 2 aromatic rings. The minimum Gasteiger partial charge on any atom is -0.492 e. The van der Waals surface area contributed by atoms with E-state index in [0.717, 1.165) is 12.0 Å². The standard InChI is InChI=1S/C11H12N2O3S/c1-13-6-8(5-12-13)2-3-16-9-4-10(11(14)15)17-7-9/h4-7H,2-3H2,1H3,(H,14,15). The Balaban J connectivity index is 1.83. The first-order valence-corrected chi connectivity index (χ1v) is 5.95. The van der Waals surface area contributed by atoms with Gasteiger partial charge in [0, 0.05) is 31.1 Å². The molecule has 2 aromatic heterocycles. The molecule has 0 aliphatic rings. The summed E-state index contributed by atoms with van der Waals surface area (Å²) in [6.45, 7) is 0.515. The van der Waals surface area contributed by atoms with Crippen molar-refractivity contribution < 1.29 is 14.6 Å². The molecule has 0 bridgehead atoms. The number of aromatic nitrogens is 2. The number of hydrogen-bond acceptors (Lipinski definition) is 4. The number of rotatable bonds is 5. The summed E-state index contributed by atoms with van der Waals surface area (Å²) in [4.78, 5) is 10.9. The zero-order valence-electron chi connectivity index (χ0n) is 9.29. The van der Waals surface area contributed by atoms with E-state index >= 15 is 0 Å². The molecule has 0 amide bonds. The van der Waals surface area contributed by atoms with Crippen LogP contribution < -0.4 is 4.74 Å². The van der Waals surface area contributed by atoms with Crippen molar-refractivity contribution in [1.29, 1.82) is 0 Å². The highest BCUT2D eigenvalue weighted by Crippen LogP contribution is 2.21. The van der Waals surface area contributed by atoms with E-state index in [9.17, 15) is 4.79 Å². The maximum Gasteiger partial charge on any atom is 0.346 e. The van der Waals surface area contributed by atoms with Crippen molar-refractivity contribution in [2.45, 2.75) is 6.42 Å². The van der Waals surface area contributed by atoms with E-state index in [2.05, 4.69) is 5.10 Å². The highest BCUT2D eigenvalue weighted by molar-refractivity contribution is 7.12. The number of carbonyl (C=O) groups is 1. The van der Waals surface area contributed by atoms with E-state index in [1.54, 1.807) is 16.3 Å². The van der Waals surface area contributed by atoms with Crippen molar-refractivity contribution in [1.82, 2.24) is 9.78 Å². The first kappa shape index (κ1) is 11.7. The van der Waals surface area contributed by atoms with Crippen LogP contribution in [0.25, 0.3) is 0 Å². The van der Waals surface area contributed by atoms with E-state index in [1.165, 1.54) is 17.4 Å². The molecule has 5 nitrogen and oxygen atoms in total. The van der Waals surface area contributed by atoms with Crippen molar-refractivity contribution in [3.05, 3.63) is 34.3 Å². The van der Waals surface area contributed by atoms with Gasteiger partial charge in [-0.3, -0.25) is 4.68 Å². The van der Waals surface area contributed by atoms with Crippen molar-refractivity contribution in [2.75, 3.05) is 6.61 Å². The summed E-state index contributed by atoms with van der Waals surface area (Å²) in [5.41, 5.74) is 1.10. The predicted molar refractivity (Wildman–Crippen MR) is 63.7 cm³/mol. The van der Waals surface area contributed by atoms with E-state index in [0.29, 0.717) is 17.2 Å². The molecular formula is C11H12N2O3S. The molecular weight excluding hydrogens is 240 g/mol. The molecule has 0 aromatic carbocycles. The van der Waals surface area contributed by atoms with Crippen LogP contribution in [0.15, 0.2) is 23.8 Å². The fraction of sp³-hybridized carbons (Fsp3) is 0.273. The van der Waals surface area contributed by atoms with Crippen molar-refractivity contribution in [3.8, 4) is 5.75 Å². The van der Waals surface area contributed by atoms with Gasteiger partial charge in [-0.1, -0.05) is 0 Å². The fourth-order valence-corrected chi connectivity index (χ4v) is 2.06. The molecule has 0 aliphatic heterocycles. The lowest BCUT2D eigenvalue weighted by Gasteiger charge is -2.01. The van der Waals surface area contributed by atoms with Crippen molar-refractivity contribution >= 4 is 17.3 Å². The van der Waals surface area contributed by atoms with Crippen LogP contribution in [-0.4, -0.2) is 27.5 Å². The van der Waals surface area contributed by atoms with Crippen LogP contribution in [0.4, 0.5) is 0 Å². The lowest BCUT2D eigenvalue weighted by molar-refractivity contribution is 0.0702. The van der Waals surface area contributed by atoms with Gasteiger partial charge in [0.15, 0.2) is 0 Å². The van der Waals surface area contributed by atoms with E-state index in [-0.39, 0.29) is 0 Å². The van der Waals surface area contributed by atoms with Crippen molar-refractivity contribution in [3.63, 3.8) is 0 Å². The normalized spacial score (nSPS) is 10.4. The molecule has 0 fully saturated rings. The van der Waals surface area contributed by atoms with Crippen LogP contribution in [0.3, 0.4) is 0 Å². The van der Waals surface area contributed by atoms with E-state index in [4.69, 9.17) is 9.84 Å². The Hall–Kier alpha value is -1.82. The lowest BCUT2D eigenvalue weighted by atomic mass is 10.3. The summed E-state index contributed by atoms with van der Waals surface area (Å²) in [6, 6.07) is 1.54. The van der Waals surface area contributed by atoms with Gasteiger partial charge in [-0.25, -0.2) is 4.79 Å². The molecule has 2 rings (SSSR count). The minimum absolute atomic E-state index is 0.293. The van der Waals surface area contributed by atoms with Crippen molar-refractivity contribution in [2.24, 2.45) is 7.05 Å². The Labute approximate surface area is 102 Å². The van der Waals surface area contributed by atoms with E-state index < -0.39 is 5.97 Å². The number of thiophene rings is 1. The molecule has 0 atom stereocenters. The smallest absolute Gasteiger partial charge is 0.346 e. The van der Waals surface area contributed by atoms with Crippen LogP contribution >= 0.6 is 11.3 Å². The topological polar surface area (TPSA) is 64.3 Å². The maximum absolute atomic E-state index is 10.7. The van der Waals surface area contributed by atoms with Gasteiger partial charge in [0.05, 0.1) is 12.8 Å². The van der Waals surface area contributed by atoms with Crippen LogP contribution in [0, 0.1) is 0 Å². The number of hydrogen-bond donors (Lipinski definition) is 1. The summed E-state index contributed by atoms with van der Waals surface area (Å²) in [5.74, 6) is -0.312. The summed E-state index contributed by atoms with van der Waals surface area (Å²) in [5, 5.41) is 14.5. The largest absolute Gasteiger partial charge is 0.492 e. The molecule has 0 aliphatic carbocycles. The predicted octanol–water partition coefficient (Wildman–Crippen LogP) is 1.80. The highest BCUT2D eigenvalue weighted by Gasteiger charge is 2.07. The van der Waals surface area contributed by atoms with Gasteiger partial charge in [0.25, 0.3) is 0 Å². The molecule has 0 spiro atoms. The number of carboxylic acids is 1. The average Bonchev–Trinajstić information content (AvgIpc) is 2.88. The molecule has 0 unspecified atom stereocenters. The van der Waals surface area contributed by atoms with Crippen LogP contribution in [0.2, 0.25) is 0 Å². The Morgan fingerprint density at radius 1 is 1.65 bits per heavy atom. The Morgan fingerprint density at radius 3 is 3.06 bits per heavy atom. The quantitative estimate of drug-likeness (QED) is 0.881. The number of nitrogens with zero attached hydrogens (tertiary/aromatic N) is 2. The molecule has 0 saturated heterocycles. The number of carboxylic acid groups (broad SMARTS) is 1. The monoisotopic (exact) mass is 252 g/mol. The first-order valence-electron chi connectivity index (χ1n) is 5.07. The maximum atomic E-state index is 10.7. The fourth-order valence-electron chi connectivity index (χ4n) is 1.39. The van der Waals surface area contributed by atoms with Gasteiger partial charge in [-0.05, 0) is 5.56 Å². The summed E-state index contributed by atoms with van der Waals surface area (Å²) >= 11 is 1.17. The van der Waals surface area contributed by atoms with Gasteiger partial charge in [-0.2, -0.15) is 5.10 Å². The molecule has 1 N–H and O–H groups in total.